The van der Waals surface area contributed by atoms with Crippen molar-refractivity contribution in [2.75, 3.05) is 14.1 Å². The summed E-state index contributed by atoms with van der Waals surface area (Å²) in [6.07, 6.45) is 1.87. The van der Waals surface area contributed by atoms with E-state index in [1.165, 1.54) is 12.1 Å². The van der Waals surface area contributed by atoms with Crippen molar-refractivity contribution < 1.29 is 4.39 Å². The van der Waals surface area contributed by atoms with Crippen molar-refractivity contribution in [2.24, 2.45) is 12.0 Å². The second-order valence-corrected chi connectivity index (χ2v) is 5.58. The highest BCUT2D eigenvalue weighted by atomic mass is 35.5. The molecule has 6 heteroatoms. The monoisotopic (exact) mass is 322 g/mol. The Labute approximate surface area is 135 Å². The molecule has 0 bridgehead atoms. The quantitative estimate of drug-likeness (QED) is 0.693. The van der Waals surface area contributed by atoms with Gasteiger partial charge < -0.3 is 14.8 Å². The molecule has 0 aliphatic rings. The van der Waals surface area contributed by atoms with Crippen molar-refractivity contribution in [1.29, 1.82) is 0 Å². The van der Waals surface area contributed by atoms with Gasteiger partial charge in [0.15, 0.2) is 5.96 Å². The Hall–Kier alpha value is -2.01. The standard InChI is InChI=1S/C16H20ClFN4/c1-19-16(20-9-12-4-6-14(18)7-5-12)22(3)11-15-8-13(17)10-21(15)2/h4-8,10H,9,11H2,1-3H3,(H,19,20). The SMILES string of the molecule is CN=C(NCc1ccc(F)cc1)N(C)Cc1cc(Cl)cn1C. The van der Waals surface area contributed by atoms with Crippen LogP contribution in [0.1, 0.15) is 11.3 Å². The molecule has 2 aromatic rings. The van der Waals surface area contributed by atoms with Crippen LogP contribution in [0.25, 0.3) is 0 Å². The number of rotatable bonds is 4. The number of hydrogen-bond acceptors (Lipinski definition) is 1. The number of aliphatic imine (C=N–C) groups is 1. The normalized spacial score (nSPS) is 11.6. The summed E-state index contributed by atoms with van der Waals surface area (Å²) in [6, 6.07) is 8.36. The molecule has 0 amide bonds. The van der Waals surface area contributed by atoms with Gasteiger partial charge in [-0.1, -0.05) is 23.7 Å². The minimum absolute atomic E-state index is 0.231. The Kier molecular flexibility index (Phi) is 5.44. The second-order valence-electron chi connectivity index (χ2n) is 5.14. The zero-order chi connectivity index (χ0) is 16.1. The average molecular weight is 323 g/mol. The lowest BCUT2D eigenvalue weighted by Gasteiger charge is -2.22. The number of halogens is 2. The maximum Gasteiger partial charge on any atom is 0.194 e. The molecule has 0 spiro atoms. The van der Waals surface area contributed by atoms with Crippen LogP contribution in [-0.4, -0.2) is 29.5 Å². The predicted molar refractivity (Wildman–Crippen MR) is 88.5 cm³/mol. The Balaban J connectivity index is 1.96. The van der Waals surface area contributed by atoms with Crippen molar-refractivity contribution in [3.05, 3.63) is 58.6 Å². The first-order valence-electron chi connectivity index (χ1n) is 6.96. The zero-order valence-corrected chi connectivity index (χ0v) is 13.7. The molecule has 0 unspecified atom stereocenters. The summed E-state index contributed by atoms with van der Waals surface area (Å²) in [5.41, 5.74) is 2.09. The molecule has 0 aliphatic carbocycles. The number of benzene rings is 1. The van der Waals surface area contributed by atoms with E-state index in [4.69, 9.17) is 11.6 Å². The molecule has 4 nitrogen and oxygen atoms in total. The van der Waals surface area contributed by atoms with Gasteiger partial charge in [0.1, 0.15) is 5.82 Å². The first-order chi connectivity index (χ1) is 10.5. The molecule has 0 saturated heterocycles. The third kappa shape index (κ3) is 4.24. The number of aromatic nitrogens is 1. The van der Waals surface area contributed by atoms with Gasteiger partial charge in [-0.05, 0) is 23.8 Å². The van der Waals surface area contributed by atoms with Crippen LogP contribution in [0.4, 0.5) is 4.39 Å². The van der Waals surface area contributed by atoms with Gasteiger partial charge in [0.2, 0.25) is 0 Å². The van der Waals surface area contributed by atoms with E-state index in [9.17, 15) is 4.39 Å². The Morgan fingerprint density at radius 1 is 1.36 bits per heavy atom. The minimum Gasteiger partial charge on any atom is -0.352 e. The van der Waals surface area contributed by atoms with E-state index in [1.807, 2.05) is 35.8 Å². The molecule has 118 valence electrons. The van der Waals surface area contributed by atoms with E-state index in [-0.39, 0.29) is 5.82 Å². The lowest BCUT2D eigenvalue weighted by molar-refractivity contribution is 0.461. The van der Waals surface area contributed by atoms with Crippen LogP contribution in [0, 0.1) is 5.82 Å². The molecular weight excluding hydrogens is 303 g/mol. The van der Waals surface area contributed by atoms with Gasteiger partial charge in [0, 0.05) is 39.6 Å². The molecule has 1 aromatic carbocycles. The van der Waals surface area contributed by atoms with Gasteiger partial charge in [0.05, 0.1) is 11.6 Å². The molecule has 0 radical (unpaired) electrons. The lowest BCUT2D eigenvalue weighted by Crippen LogP contribution is -2.38. The molecule has 0 fully saturated rings. The van der Waals surface area contributed by atoms with Crippen LogP contribution in [0.3, 0.4) is 0 Å². The fraction of sp³-hybridized carbons (Fsp3) is 0.312. The van der Waals surface area contributed by atoms with E-state index < -0.39 is 0 Å². The van der Waals surface area contributed by atoms with E-state index in [0.29, 0.717) is 13.1 Å². The Morgan fingerprint density at radius 2 is 2.05 bits per heavy atom. The van der Waals surface area contributed by atoms with Crippen LogP contribution in [0.5, 0.6) is 0 Å². The van der Waals surface area contributed by atoms with Crippen molar-refractivity contribution in [3.63, 3.8) is 0 Å². The van der Waals surface area contributed by atoms with Crippen molar-refractivity contribution in [3.8, 4) is 0 Å². The largest absolute Gasteiger partial charge is 0.352 e. The lowest BCUT2D eigenvalue weighted by atomic mass is 10.2. The number of hydrogen-bond donors (Lipinski definition) is 1. The molecule has 1 aromatic heterocycles. The van der Waals surface area contributed by atoms with Gasteiger partial charge >= 0.3 is 0 Å². The smallest absolute Gasteiger partial charge is 0.194 e. The zero-order valence-electron chi connectivity index (χ0n) is 13.0. The van der Waals surface area contributed by atoms with Gasteiger partial charge in [-0.15, -0.1) is 0 Å². The third-order valence-electron chi connectivity index (χ3n) is 3.41. The summed E-state index contributed by atoms with van der Waals surface area (Å²) < 4.78 is 14.9. The van der Waals surface area contributed by atoms with Gasteiger partial charge in [-0.2, -0.15) is 0 Å². The highest BCUT2D eigenvalue weighted by molar-refractivity contribution is 6.30. The van der Waals surface area contributed by atoms with Gasteiger partial charge in [0.25, 0.3) is 0 Å². The Morgan fingerprint density at radius 3 is 2.59 bits per heavy atom. The molecule has 0 saturated carbocycles. The number of nitrogens with zero attached hydrogens (tertiary/aromatic N) is 3. The van der Waals surface area contributed by atoms with Crippen molar-refractivity contribution in [1.82, 2.24) is 14.8 Å². The molecule has 22 heavy (non-hydrogen) atoms. The Bertz CT molecular complexity index is 649. The van der Waals surface area contributed by atoms with Crippen molar-refractivity contribution >= 4 is 17.6 Å². The third-order valence-corrected chi connectivity index (χ3v) is 3.62. The summed E-state index contributed by atoms with van der Waals surface area (Å²) in [5.74, 6) is 0.535. The highest BCUT2D eigenvalue weighted by Gasteiger charge is 2.09. The fourth-order valence-electron chi connectivity index (χ4n) is 2.21. The summed E-state index contributed by atoms with van der Waals surface area (Å²) >= 11 is 6.00. The van der Waals surface area contributed by atoms with Crippen LogP contribution in [0.2, 0.25) is 5.02 Å². The van der Waals surface area contributed by atoms with Crippen LogP contribution >= 0.6 is 11.6 Å². The van der Waals surface area contributed by atoms with E-state index in [2.05, 4.69) is 10.3 Å². The summed E-state index contributed by atoms with van der Waals surface area (Å²) in [6.45, 7) is 1.28. The molecule has 0 aliphatic heterocycles. The second kappa shape index (κ2) is 7.31. The van der Waals surface area contributed by atoms with E-state index in [1.54, 1.807) is 19.2 Å². The first kappa shape index (κ1) is 16.4. The van der Waals surface area contributed by atoms with E-state index in [0.717, 1.165) is 22.2 Å². The molecule has 0 atom stereocenters. The minimum atomic E-state index is -0.231. The maximum absolute atomic E-state index is 12.9. The van der Waals surface area contributed by atoms with Crippen molar-refractivity contribution in [2.45, 2.75) is 13.1 Å². The highest BCUT2D eigenvalue weighted by Crippen LogP contribution is 2.14. The summed E-state index contributed by atoms with van der Waals surface area (Å²) in [7, 11) is 5.66. The van der Waals surface area contributed by atoms with Crippen LogP contribution < -0.4 is 5.32 Å². The predicted octanol–water partition coefficient (Wildman–Crippen LogP) is 3.03. The van der Waals surface area contributed by atoms with Crippen LogP contribution in [0.15, 0.2) is 41.5 Å². The molecular formula is C16H20ClFN4. The van der Waals surface area contributed by atoms with E-state index >= 15 is 0 Å². The summed E-state index contributed by atoms with van der Waals surface area (Å²) in [5, 5.41) is 3.99. The fourth-order valence-corrected chi connectivity index (χ4v) is 2.48. The number of nitrogens with one attached hydrogen (secondary N) is 1. The maximum atomic E-state index is 12.9. The van der Waals surface area contributed by atoms with Crippen LogP contribution in [-0.2, 0) is 20.1 Å². The molecule has 2 rings (SSSR count). The average Bonchev–Trinajstić information content (AvgIpc) is 2.79. The summed E-state index contributed by atoms with van der Waals surface area (Å²) in [4.78, 5) is 6.28. The number of guanidine groups is 1. The first-order valence-corrected chi connectivity index (χ1v) is 7.34. The molecule has 1 N–H and O–H groups in total. The topological polar surface area (TPSA) is 32.6 Å². The number of aryl methyl sites for hydroxylation is 1. The van der Waals surface area contributed by atoms with Gasteiger partial charge in [-0.25, -0.2) is 4.39 Å². The molecule has 1 heterocycles. The van der Waals surface area contributed by atoms with Gasteiger partial charge in [-0.3, -0.25) is 4.99 Å².